The minimum atomic E-state index is -4.43. The summed E-state index contributed by atoms with van der Waals surface area (Å²) in [6.07, 6.45) is -4.43. The van der Waals surface area contributed by atoms with Crippen molar-refractivity contribution in [3.8, 4) is 0 Å². The molecule has 0 aliphatic heterocycles. The van der Waals surface area contributed by atoms with E-state index in [4.69, 9.17) is 11.6 Å². The molecule has 5 nitrogen and oxygen atoms in total. The first-order chi connectivity index (χ1) is 11.6. The van der Waals surface area contributed by atoms with E-state index in [1.807, 2.05) is 25.1 Å². The molecule has 0 aliphatic rings. The third-order valence-electron chi connectivity index (χ3n) is 3.27. The number of aliphatic imine (C=N–C) groups is 1. The summed E-state index contributed by atoms with van der Waals surface area (Å²) < 4.78 is 37.0. The van der Waals surface area contributed by atoms with E-state index in [0.717, 1.165) is 12.6 Å². The van der Waals surface area contributed by atoms with E-state index in [9.17, 15) is 18.0 Å². The predicted molar refractivity (Wildman–Crippen MR) is 108 cm³/mol. The van der Waals surface area contributed by atoms with Crippen LogP contribution in [0.3, 0.4) is 0 Å². The molecule has 0 bridgehead atoms. The second kappa shape index (κ2) is 11.5. The van der Waals surface area contributed by atoms with E-state index in [1.54, 1.807) is 18.0 Å². The summed E-state index contributed by atoms with van der Waals surface area (Å²) in [4.78, 5) is 18.3. The van der Waals surface area contributed by atoms with Crippen molar-refractivity contribution in [2.75, 3.05) is 33.7 Å². The highest BCUT2D eigenvalue weighted by Crippen LogP contribution is 2.17. The second-order valence-corrected chi connectivity index (χ2v) is 5.89. The Kier molecular flexibility index (Phi) is 10.9. The molecule has 0 heterocycles. The van der Waals surface area contributed by atoms with Gasteiger partial charge in [0.1, 0.15) is 13.1 Å². The lowest BCUT2D eigenvalue weighted by Crippen LogP contribution is -2.41. The lowest BCUT2D eigenvalue weighted by Gasteiger charge is -2.23. The molecule has 1 aromatic rings. The predicted octanol–water partition coefficient (Wildman–Crippen LogP) is 3.38. The zero-order valence-electron chi connectivity index (χ0n) is 14.8. The molecule has 0 radical (unpaired) electrons. The lowest BCUT2D eigenvalue weighted by molar-refractivity contribution is -0.157. The number of amides is 1. The minimum Gasteiger partial charge on any atom is -0.357 e. The van der Waals surface area contributed by atoms with Gasteiger partial charge in [0, 0.05) is 32.2 Å². The van der Waals surface area contributed by atoms with Crippen molar-refractivity contribution in [2.45, 2.75) is 19.6 Å². The molecule has 0 aromatic heterocycles. The minimum absolute atomic E-state index is 0. The van der Waals surface area contributed by atoms with Crippen LogP contribution in [0.2, 0.25) is 5.02 Å². The van der Waals surface area contributed by atoms with Crippen LogP contribution in [0.15, 0.2) is 29.3 Å². The maximum Gasteiger partial charge on any atom is 0.406 e. The molecule has 0 saturated heterocycles. The number of alkyl halides is 3. The van der Waals surface area contributed by atoms with Crippen molar-refractivity contribution >= 4 is 47.4 Å². The quantitative estimate of drug-likeness (QED) is 0.366. The Bertz CT molecular complexity index is 613. The average molecular weight is 507 g/mol. The fourth-order valence-corrected chi connectivity index (χ4v) is 2.24. The Morgan fingerprint density at radius 2 is 1.85 bits per heavy atom. The third kappa shape index (κ3) is 8.93. The van der Waals surface area contributed by atoms with Gasteiger partial charge in [-0.25, -0.2) is 4.99 Å². The number of likely N-dealkylation sites (N-methyl/N-ethyl adjacent to an activating group) is 1. The molecule has 10 heteroatoms. The van der Waals surface area contributed by atoms with Gasteiger partial charge < -0.3 is 15.1 Å². The number of hydrogen-bond donors (Lipinski definition) is 1. The fraction of sp³-hybridized carbons (Fsp3) is 0.500. The molecular weight excluding hydrogens is 484 g/mol. The molecule has 0 fully saturated rings. The molecule has 1 amide bonds. The van der Waals surface area contributed by atoms with E-state index in [2.05, 4.69) is 10.3 Å². The molecule has 0 atom stereocenters. The number of carbonyl (C=O) groups is 1. The average Bonchev–Trinajstić information content (AvgIpc) is 2.51. The lowest BCUT2D eigenvalue weighted by atomic mass is 10.2. The second-order valence-electron chi connectivity index (χ2n) is 5.48. The zero-order chi connectivity index (χ0) is 19.0. The summed E-state index contributed by atoms with van der Waals surface area (Å²) >= 11 is 6.13. The Hall–Kier alpha value is -1.23. The molecule has 1 rings (SSSR count). The first-order valence-electron chi connectivity index (χ1n) is 7.67. The maximum absolute atomic E-state index is 12.3. The molecular formula is C16H23ClF3IN4O. The Balaban J connectivity index is 0.00000625. The number of nitrogens with one attached hydrogen (secondary N) is 1. The first-order valence-corrected chi connectivity index (χ1v) is 8.05. The van der Waals surface area contributed by atoms with Crippen molar-refractivity contribution < 1.29 is 18.0 Å². The largest absolute Gasteiger partial charge is 0.406 e. The van der Waals surface area contributed by atoms with E-state index in [-0.39, 0.29) is 30.5 Å². The van der Waals surface area contributed by atoms with Crippen LogP contribution in [0.25, 0.3) is 0 Å². The molecule has 0 aliphatic carbocycles. The Morgan fingerprint density at radius 3 is 2.38 bits per heavy atom. The Labute approximate surface area is 173 Å². The van der Waals surface area contributed by atoms with Crippen molar-refractivity contribution in [1.29, 1.82) is 0 Å². The van der Waals surface area contributed by atoms with Gasteiger partial charge in [0.2, 0.25) is 5.91 Å². The fourth-order valence-electron chi connectivity index (χ4n) is 2.05. The first kappa shape index (κ1) is 24.8. The van der Waals surface area contributed by atoms with Gasteiger partial charge in [-0.2, -0.15) is 13.2 Å². The number of carbonyl (C=O) groups excluding carboxylic acids is 1. The maximum atomic E-state index is 12.3. The van der Waals surface area contributed by atoms with Gasteiger partial charge in [-0.05, 0) is 18.6 Å². The van der Waals surface area contributed by atoms with Gasteiger partial charge in [0.15, 0.2) is 5.96 Å². The van der Waals surface area contributed by atoms with Crippen LogP contribution >= 0.6 is 35.6 Å². The van der Waals surface area contributed by atoms with Crippen LogP contribution in [0.4, 0.5) is 13.2 Å². The topological polar surface area (TPSA) is 47.9 Å². The number of halogens is 5. The van der Waals surface area contributed by atoms with Crippen LogP contribution in [-0.4, -0.2) is 61.6 Å². The number of hydrogen-bond acceptors (Lipinski definition) is 2. The van der Waals surface area contributed by atoms with Gasteiger partial charge in [0.05, 0.1) is 0 Å². The number of rotatable bonds is 6. The highest BCUT2D eigenvalue weighted by molar-refractivity contribution is 14.0. The summed E-state index contributed by atoms with van der Waals surface area (Å²) in [5.74, 6) is -0.296. The third-order valence-corrected chi connectivity index (χ3v) is 3.64. The van der Waals surface area contributed by atoms with E-state index >= 15 is 0 Å². The normalized spacial score (nSPS) is 11.6. The van der Waals surface area contributed by atoms with Crippen LogP contribution in [-0.2, 0) is 11.3 Å². The SMILES string of the molecule is CCNC(=NCC(=O)N(C)CC(F)(F)F)N(C)Cc1ccccc1Cl.I. The standard InChI is InChI=1S/C16H22ClF3N4O.HI/c1-4-21-15(22-9-14(25)24(3)11-16(18,19)20)23(2)10-12-7-5-6-8-13(12)17;/h5-8H,4,9-11H2,1-3H3,(H,21,22);1H. The number of benzene rings is 1. The summed E-state index contributed by atoms with van der Waals surface area (Å²) in [5.41, 5.74) is 0.873. The van der Waals surface area contributed by atoms with E-state index < -0.39 is 18.6 Å². The summed E-state index contributed by atoms with van der Waals surface area (Å²) in [6.45, 7) is 1.18. The van der Waals surface area contributed by atoms with Crippen LogP contribution in [0.1, 0.15) is 12.5 Å². The molecule has 1 N–H and O–H groups in total. The summed E-state index contributed by atoms with van der Waals surface area (Å²) in [7, 11) is 2.86. The van der Waals surface area contributed by atoms with Gasteiger partial charge in [0.25, 0.3) is 0 Å². The number of guanidine groups is 1. The highest BCUT2D eigenvalue weighted by atomic mass is 127. The molecule has 148 valence electrons. The van der Waals surface area contributed by atoms with Gasteiger partial charge in [-0.1, -0.05) is 29.8 Å². The molecule has 0 spiro atoms. The van der Waals surface area contributed by atoms with Gasteiger partial charge in [-0.15, -0.1) is 24.0 Å². The van der Waals surface area contributed by atoms with E-state index in [1.165, 1.54) is 0 Å². The number of nitrogens with zero attached hydrogens (tertiary/aromatic N) is 3. The van der Waals surface area contributed by atoms with Gasteiger partial charge >= 0.3 is 6.18 Å². The van der Waals surface area contributed by atoms with Crippen LogP contribution < -0.4 is 5.32 Å². The van der Waals surface area contributed by atoms with Crippen molar-refractivity contribution in [3.05, 3.63) is 34.9 Å². The molecule has 26 heavy (non-hydrogen) atoms. The van der Waals surface area contributed by atoms with Crippen LogP contribution in [0, 0.1) is 0 Å². The van der Waals surface area contributed by atoms with Crippen LogP contribution in [0.5, 0.6) is 0 Å². The molecule has 1 aromatic carbocycles. The molecule has 0 unspecified atom stereocenters. The summed E-state index contributed by atoms with van der Waals surface area (Å²) in [6, 6.07) is 7.31. The zero-order valence-corrected chi connectivity index (χ0v) is 17.9. The van der Waals surface area contributed by atoms with Crippen molar-refractivity contribution in [2.24, 2.45) is 4.99 Å². The van der Waals surface area contributed by atoms with Gasteiger partial charge in [-0.3, -0.25) is 4.79 Å². The van der Waals surface area contributed by atoms with Crippen molar-refractivity contribution in [1.82, 2.24) is 15.1 Å². The monoisotopic (exact) mass is 506 g/mol. The highest BCUT2D eigenvalue weighted by Gasteiger charge is 2.31. The Morgan fingerprint density at radius 1 is 1.23 bits per heavy atom. The van der Waals surface area contributed by atoms with Crippen molar-refractivity contribution in [3.63, 3.8) is 0 Å². The smallest absolute Gasteiger partial charge is 0.357 e. The summed E-state index contributed by atoms with van der Waals surface area (Å²) in [5, 5.41) is 3.61. The van der Waals surface area contributed by atoms with E-state index in [0.29, 0.717) is 29.0 Å². The molecule has 0 saturated carbocycles.